The molecule has 1 aliphatic rings. The molecule has 1 fully saturated rings. The van der Waals surface area contributed by atoms with Crippen LogP contribution >= 0.6 is 0 Å². The number of hydrogen-bond acceptors (Lipinski definition) is 5. The number of hydrogen-bond donors (Lipinski definition) is 2. The van der Waals surface area contributed by atoms with Crippen molar-refractivity contribution in [3.8, 4) is 11.5 Å². The molecule has 166 valence electrons. The lowest BCUT2D eigenvalue weighted by molar-refractivity contribution is -0.126. The number of carbonyl (C=O) groups excluding carboxylic acids is 2. The minimum Gasteiger partial charge on any atom is -0.497 e. The topological polar surface area (TPSA) is 79.9 Å². The van der Waals surface area contributed by atoms with E-state index in [0.29, 0.717) is 49.7 Å². The van der Waals surface area contributed by atoms with Crippen LogP contribution in [0.4, 0.5) is 10.1 Å². The van der Waals surface area contributed by atoms with E-state index in [9.17, 15) is 14.0 Å². The third-order valence-electron chi connectivity index (χ3n) is 5.39. The van der Waals surface area contributed by atoms with Gasteiger partial charge in [-0.2, -0.15) is 0 Å². The quantitative estimate of drug-likeness (QED) is 0.675. The molecular weight excluding hydrogens is 401 g/mol. The molecule has 0 atom stereocenters. The number of ether oxygens (including phenoxy) is 2. The molecular formula is C23H28FN3O4. The Labute approximate surface area is 181 Å². The first-order chi connectivity index (χ1) is 15.0. The van der Waals surface area contributed by atoms with Crippen molar-refractivity contribution >= 4 is 17.5 Å². The maximum absolute atomic E-state index is 13.0. The molecule has 0 unspecified atom stereocenters. The number of piperidine rings is 1. The standard InChI is InChI=1S/C23H28FN3O4/c1-30-19-7-8-20(21(13-19)31-2)26-22(28)15-27-11-9-17(10-12-27)23(29)25-14-16-3-5-18(24)6-4-16/h3-8,13,17H,9-12,14-15H2,1-2H3,(H,25,29)(H,26,28). The summed E-state index contributed by atoms with van der Waals surface area (Å²) in [4.78, 5) is 26.9. The van der Waals surface area contributed by atoms with Crippen LogP contribution in [0.5, 0.6) is 11.5 Å². The highest BCUT2D eigenvalue weighted by Crippen LogP contribution is 2.29. The molecule has 31 heavy (non-hydrogen) atoms. The number of benzene rings is 2. The van der Waals surface area contributed by atoms with Crippen molar-refractivity contribution in [2.75, 3.05) is 39.2 Å². The van der Waals surface area contributed by atoms with Crippen LogP contribution < -0.4 is 20.1 Å². The summed E-state index contributed by atoms with van der Waals surface area (Å²) in [5.41, 5.74) is 1.45. The lowest BCUT2D eigenvalue weighted by Crippen LogP contribution is -2.43. The Bertz CT molecular complexity index is 896. The van der Waals surface area contributed by atoms with Crippen LogP contribution in [0.25, 0.3) is 0 Å². The van der Waals surface area contributed by atoms with Crippen LogP contribution in [0.1, 0.15) is 18.4 Å². The van der Waals surface area contributed by atoms with Gasteiger partial charge in [-0.3, -0.25) is 14.5 Å². The molecule has 7 nitrogen and oxygen atoms in total. The van der Waals surface area contributed by atoms with Gasteiger partial charge in [0, 0.05) is 18.5 Å². The van der Waals surface area contributed by atoms with Gasteiger partial charge in [-0.05, 0) is 55.8 Å². The van der Waals surface area contributed by atoms with E-state index in [-0.39, 0.29) is 30.1 Å². The number of carbonyl (C=O) groups is 2. The molecule has 0 bridgehead atoms. The van der Waals surface area contributed by atoms with Crippen LogP contribution in [-0.2, 0) is 16.1 Å². The molecule has 0 aliphatic carbocycles. The van der Waals surface area contributed by atoms with Gasteiger partial charge in [0.15, 0.2) is 0 Å². The molecule has 0 aromatic heterocycles. The summed E-state index contributed by atoms with van der Waals surface area (Å²) in [6, 6.07) is 11.3. The summed E-state index contributed by atoms with van der Waals surface area (Å²) in [5.74, 6) is 0.663. The van der Waals surface area contributed by atoms with Crippen molar-refractivity contribution in [1.29, 1.82) is 0 Å². The van der Waals surface area contributed by atoms with Crippen molar-refractivity contribution < 1.29 is 23.5 Å². The van der Waals surface area contributed by atoms with E-state index in [2.05, 4.69) is 10.6 Å². The third kappa shape index (κ3) is 6.42. The Kier molecular flexibility index (Phi) is 7.83. The van der Waals surface area contributed by atoms with Crippen LogP contribution in [0.3, 0.4) is 0 Å². The number of anilines is 1. The number of amides is 2. The summed E-state index contributed by atoms with van der Waals surface area (Å²) in [6.07, 6.45) is 1.38. The predicted octanol–water partition coefficient (Wildman–Crippen LogP) is 2.81. The molecule has 1 aliphatic heterocycles. The molecule has 2 amide bonds. The lowest BCUT2D eigenvalue weighted by atomic mass is 9.96. The van der Waals surface area contributed by atoms with E-state index in [0.717, 1.165) is 5.56 Å². The van der Waals surface area contributed by atoms with Crippen LogP contribution in [0.15, 0.2) is 42.5 Å². The first-order valence-corrected chi connectivity index (χ1v) is 10.2. The van der Waals surface area contributed by atoms with E-state index in [4.69, 9.17) is 9.47 Å². The zero-order valence-electron chi connectivity index (χ0n) is 17.8. The van der Waals surface area contributed by atoms with Crippen LogP contribution in [0.2, 0.25) is 0 Å². The molecule has 0 spiro atoms. The van der Waals surface area contributed by atoms with Gasteiger partial charge in [0.1, 0.15) is 17.3 Å². The molecule has 2 N–H and O–H groups in total. The Hall–Kier alpha value is -3.13. The Morgan fingerprint density at radius 1 is 1.06 bits per heavy atom. The minimum atomic E-state index is -0.295. The van der Waals surface area contributed by atoms with E-state index < -0.39 is 0 Å². The fourth-order valence-electron chi connectivity index (χ4n) is 3.58. The molecule has 0 saturated carbocycles. The molecule has 1 heterocycles. The monoisotopic (exact) mass is 429 g/mol. The number of halogens is 1. The maximum Gasteiger partial charge on any atom is 0.238 e. The summed E-state index contributed by atoms with van der Waals surface area (Å²) in [5, 5.41) is 5.78. The number of likely N-dealkylation sites (tertiary alicyclic amines) is 1. The first kappa shape index (κ1) is 22.6. The van der Waals surface area contributed by atoms with Gasteiger partial charge in [-0.25, -0.2) is 4.39 Å². The molecule has 2 aromatic carbocycles. The van der Waals surface area contributed by atoms with Crippen LogP contribution in [0, 0.1) is 11.7 Å². The van der Waals surface area contributed by atoms with Crippen molar-refractivity contribution in [3.63, 3.8) is 0 Å². The number of rotatable bonds is 8. The van der Waals surface area contributed by atoms with Crippen molar-refractivity contribution in [2.24, 2.45) is 5.92 Å². The predicted molar refractivity (Wildman–Crippen MR) is 116 cm³/mol. The average molecular weight is 429 g/mol. The molecule has 8 heteroatoms. The Balaban J connectivity index is 1.42. The molecule has 3 rings (SSSR count). The van der Waals surface area contributed by atoms with Gasteiger partial charge in [0.25, 0.3) is 0 Å². The van der Waals surface area contributed by atoms with Crippen molar-refractivity contribution in [1.82, 2.24) is 10.2 Å². The Morgan fingerprint density at radius 3 is 2.42 bits per heavy atom. The van der Waals surface area contributed by atoms with Gasteiger partial charge in [0.2, 0.25) is 11.8 Å². The smallest absolute Gasteiger partial charge is 0.238 e. The average Bonchev–Trinajstić information content (AvgIpc) is 2.79. The van der Waals surface area contributed by atoms with Crippen LogP contribution in [-0.4, -0.2) is 50.6 Å². The summed E-state index contributed by atoms with van der Waals surface area (Å²) < 4.78 is 23.4. The zero-order chi connectivity index (χ0) is 22.2. The highest BCUT2D eigenvalue weighted by molar-refractivity contribution is 5.93. The van der Waals surface area contributed by atoms with E-state index in [1.165, 1.54) is 19.2 Å². The maximum atomic E-state index is 13.0. The second-order valence-corrected chi connectivity index (χ2v) is 7.51. The highest BCUT2D eigenvalue weighted by atomic mass is 19.1. The Morgan fingerprint density at radius 2 is 1.77 bits per heavy atom. The van der Waals surface area contributed by atoms with Crippen molar-refractivity contribution in [3.05, 3.63) is 53.8 Å². The summed E-state index contributed by atoms with van der Waals surface area (Å²) >= 11 is 0. The summed E-state index contributed by atoms with van der Waals surface area (Å²) in [6.45, 7) is 1.97. The largest absolute Gasteiger partial charge is 0.497 e. The van der Waals surface area contributed by atoms with Gasteiger partial charge >= 0.3 is 0 Å². The van der Waals surface area contributed by atoms with Gasteiger partial charge in [0.05, 0.1) is 26.5 Å². The molecule has 2 aromatic rings. The fraction of sp³-hybridized carbons (Fsp3) is 0.391. The number of nitrogens with one attached hydrogen (secondary N) is 2. The number of methoxy groups -OCH3 is 2. The second kappa shape index (κ2) is 10.8. The highest BCUT2D eigenvalue weighted by Gasteiger charge is 2.26. The van der Waals surface area contributed by atoms with E-state index in [1.54, 1.807) is 37.4 Å². The number of nitrogens with zero attached hydrogens (tertiary/aromatic N) is 1. The second-order valence-electron chi connectivity index (χ2n) is 7.51. The zero-order valence-corrected chi connectivity index (χ0v) is 17.8. The normalized spacial score (nSPS) is 14.7. The third-order valence-corrected chi connectivity index (χ3v) is 5.39. The fourth-order valence-corrected chi connectivity index (χ4v) is 3.58. The minimum absolute atomic E-state index is 0.00334. The molecule has 1 saturated heterocycles. The first-order valence-electron chi connectivity index (χ1n) is 10.2. The SMILES string of the molecule is COc1ccc(NC(=O)CN2CCC(C(=O)NCc3ccc(F)cc3)CC2)c(OC)c1. The summed E-state index contributed by atoms with van der Waals surface area (Å²) in [7, 11) is 3.11. The van der Waals surface area contributed by atoms with E-state index in [1.807, 2.05) is 4.90 Å². The van der Waals surface area contributed by atoms with E-state index >= 15 is 0 Å². The van der Waals surface area contributed by atoms with Gasteiger partial charge < -0.3 is 20.1 Å². The lowest BCUT2D eigenvalue weighted by Gasteiger charge is -2.30. The van der Waals surface area contributed by atoms with Crippen molar-refractivity contribution in [2.45, 2.75) is 19.4 Å². The molecule has 0 radical (unpaired) electrons. The van der Waals surface area contributed by atoms with Gasteiger partial charge in [-0.15, -0.1) is 0 Å². The van der Waals surface area contributed by atoms with Gasteiger partial charge in [-0.1, -0.05) is 12.1 Å².